The number of piperazine rings is 1. The first kappa shape index (κ1) is 26.1. The lowest BCUT2D eigenvalue weighted by atomic mass is 9.96. The number of hydrogen-bond acceptors (Lipinski definition) is 5. The highest BCUT2D eigenvalue weighted by atomic mass is 32.2. The second kappa shape index (κ2) is 10.8. The summed E-state index contributed by atoms with van der Waals surface area (Å²) in [4.78, 5) is 2.37. The number of rotatable bonds is 6. The smallest absolute Gasteiger partial charge is 0.282 e. The summed E-state index contributed by atoms with van der Waals surface area (Å²) in [6.45, 7) is 5.81. The van der Waals surface area contributed by atoms with Gasteiger partial charge in [0.15, 0.2) is 0 Å². The van der Waals surface area contributed by atoms with Crippen molar-refractivity contribution in [3.8, 4) is 5.69 Å². The first-order valence-electron chi connectivity index (χ1n) is 13.3. The van der Waals surface area contributed by atoms with Crippen LogP contribution in [-0.2, 0) is 21.5 Å². The Morgan fingerprint density at radius 2 is 1.69 bits per heavy atom. The fourth-order valence-electron chi connectivity index (χ4n) is 5.59. The topological polar surface area (TPSA) is 70.9 Å². The third-order valence-corrected chi connectivity index (χ3v) is 9.69. The highest BCUT2D eigenvalue weighted by molar-refractivity contribution is 7.86. The van der Waals surface area contributed by atoms with E-state index in [-0.39, 0.29) is 11.9 Å². The van der Waals surface area contributed by atoms with E-state index in [4.69, 9.17) is 4.74 Å². The summed E-state index contributed by atoms with van der Waals surface area (Å²) in [6.07, 6.45) is 1.81. The zero-order valence-electron chi connectivity index (χ0n) is 21.9. The number of aryl methyl sites for hydroxylation is 1. The average molecular weight is 550 g/mol. The van der Waals surface area contributed by atoms with Crippen LogP contribution in [0, 0.1) is 12.7 Å². The largest absolute Gasteiger partial charge is 0.379 e. The molecule has 4 aromatic rings. The Morgan fingerprint density at radius 3 is 2.44 bits per heavy atom. The lowest BCUT2D eigenvalue weighted by Crippen LogP contribution is -2.55. The first-order valence-corrected chi connectivity index (χ1v) is 14.6. The predicted molar refractivity (Wildman–Crippen MR) is 148 cm³/mol. The number of nitrogens with zero attached hydrogens (tertiary/aromatic N) is 5. The van der Waals surface area contributed by atoms with Gasteiger partial charge in [0, 0.05) is 50.7 Å². The Hall–Kier alpha value is -3.15. The van der Waals surface area contributed by atoms with E-state index in [1.54, 1.807) is 20.7 Å². The molecule has 0 bridgehead atoms. The number of aromatic nitrogens is 2. The molecule has 0 aliphatic carbocycles. The quantitative estimate of drug-likeness (QED) is 0.365. The minimum absolute atomic E-state index is 0.131. The lowest BCUT2D eigenvalue weighted by molar-refractivity contribution is 0.0642. The average Bonchev–Trinajstić information content (AvgIpc) is 3.37. The summed E-state index contributed by atoms with van der Waals surface area (Å²) in [5, 5.41) is 5.53. The van der Waals surface area contributed by atoms with Gasteiger partial charge in [-0.1, -0.05) is 30.3 Å². The van der Waals surface area contributed by atoms with Crippen LogP contribution >= 0.6 is 0 Å². The molecular weight excluding hydrogens is 517 g/mol. The summed E-state index contributed by atoms with van der Waals surface area (Å²) in [6, 6.07) is 20.7. The van der Waals surface area contributed by atoms with E-state index < -0.39 is 10.2 Å². The molecule has 0 spiro atoms. The van der Waals surface area contributed by atoms with Crippen LogP contribution in [0.4, 0.5) is 4.39 Å². The van der Waals surface area contributed by atoms with Gasteiger partial charge in [0.05, 0.1) is 30.6 Å². The van der Waals surface area contributed by atoms with E-state index in [0.717, 1.165) is 34.3 Å². The van der Waals surface area contributed by atoms with E-state index in [1.165, 1.54) is 17.7 Å². The van der Waals surface area contributed by atoms with Crippen LogP contribution in [0.2, 0.25) is 0 Å². The Bertz CT molecular complexity index is 1550. The maximum absolute atomic E-state index is 13.6. The van der Waals surface area contributed by atoms with E-state index in [1.807, 2.05) is 29.1 Å². The highest BCUT2D eigenvalue weighted by Crippen LogP contribution is 2.34. The third kappa shape index (κ3) is 5.22. The van der Waals surface area contributed by atoms with Gasteiger partial charge in [-0.15, -0.1) is 0 Å². The molecule has 6 rings (SSSR count). The molecule has 2 aliphatic heterocycles. The highest BCUT2D eigenvalue weighted by Gasteiger charge is 2.38. The lowest BCUT2D eigenvalue weighted by Gasteiger charge is -2.43. The van der Waals surface area contributed by atoms with Crippen LogP contribution in [0.5, 0.6) is 0 Å². The van der Waals surface area contributed by atoms with Crippen molar-refractivity contribution in [1.29, 1.82) is 0 Å². The minimum Gasteiger partial charge on any atom is -0.379 e. The summed E-state index contributed by atoms with van der Waals surface area (Å²) < 4.78 is 51.1. The van der Waals surface area contributed by atoms with Gasteiger partial charge in [0.25, 0.3) is 10.2 Å². The second-order valence-corrected chi connectivity index (χ2v) is 12.1. The van der Waals surface area contributed by atoms with Crippen molar-refractivity contribution < 1.29 is 17.5 Å². The zero-order valence-corrected chi connectivity index (χ0v) is 22.7. The number of halogens is 1. The Kier molecular flexibility index (Phi) is 7.22. The molecule has 39 heavy (non-hydrogen) atoms. The molecule has 204 valence electrons. The standard InChI is InChI=1S/C29H32FN5O3S/c1-22-17-28-24(19-31-35(28)26-9-7-25(30)8-10-26)18-27(22)29-21-34(39(36,37)33-13-15-38-16-14-33)12-11-32(29)20-23-5-3-2-4-6-23/h2-10,17-19,29H,11-16,20-21H2,1H3. The van der Waals surface area contributed by atoms with E-state index in [2.05, 4.69) is 41.2 Å². The number of fused-ring (bicyclic) bond motifs is 1. The summed E-state index contributed by atoms with van der Waals surface area (Å²) in [5.41, 5.74) is 5.03. The molecule has 3 aromatic carbocycles. The second-order valence-electron chi connectivity index (χ2n) is 10.1. The molecule has 2 fully saturated rings. The van der Waals surface area contributed by atoms with Crippen molar-refractivity contribution in [2.75, 3.05) is 45.9 Å². The monoisotopic (exact) mass is 549 g/mol. The molecule has 0 amide bonds. The van der Waals surface area contributed by atoms with Gasteiger partial charge in [0.1, 0.15) is 5.82 Å². The van der Waals surface area contributed by atoms with Crippen LogP contribution in [0.25, 0.3) is 16.6 Å². The van der Waals surface area contributed by atoms with Gasteiger partial charge < -0.3 is 4.74 Å². The van der Waals surface area contributed by atoms with E-state index >= 15 is 0 Å². The third-order valence-electron chi connectivity index (χ3n) is 7.69. The van der Waals surface area contributed by atoms with Gasteiger partial charge in [0.2, 0.25) is 0 Å². The molecule has 1 unspecified atom stereocenters. The van der Waals surface area contributed by atoms with Gasteiger partial charge >= 0.3 is 0 Å². The summed E-state index contributed by atoms with van der Waals surface area (Å²) in [5.74, 6) is -0.291. The van der Waals surface area contributed by atoms with Crippen LogP contribution in [0.3, 0.4) is 0 Å². The molecule has 1 atom stereocenters. The predicted octanol–water partition coefficient (Wildman–Crippen LogP) is 3.91. The minimum atomic E-state index is -3.60. The van der Waals surface area contributed by atoms with Crippen molar-refractivity contribution in [3.63, 3.8) is 0 Å². The van der Waals surface area contributed by atoms with E-state index in [9.17, 15) is 12.8 Å². The maximum Gasteiger partial charge on any atom is 0.282 e. The van der Waals surface area contributed by atoms with Crippen molar-refractivity contribution in [1.82, 2.24) is 23.3 Å². The molecular formula is C29H32FN5O3S. The number of hydrogen-bond donors (Lipinski definition) is 0. The molecule has 0 radical (unpaired) electrons. The van der Waals surface area contributed by atoms with E-state index in [0.29, 0.717) is 45.9 Å². The first-order chi connectivity index (χ1) is 18.9. The van der Waals surface area contributed by atoms with Gasteiger partial charge in [-0.3, -0.25) is 4.90 Å². The summed E-state index contributed by atoms with van der Waals surface area (Å²) >= 11 is 0. The van der Waals surface area contributed by atoms with Gasteiger partial charge in [-0.05, 0) is 60.0 Å². The normalized spacial score (nSPS) is 20.0. The van der Waals surface area contributed by atoms with Crippen molar-refractivity contribution in [2.24, 2.45) is 0 Å². The molecule has 2 aliphatic rings. The van der Waals surface area contributed by atoms with Crippen LogP contribution < -0.4 is 0 Å². The summed E-state index contributed by atoms with van der Waals surface area (Å²) in [7, 11) is -3.60. The van der Waals surface area contributed by atoms with Crippen LogP contribution in [-0.4, -0.2) is 77.6 Å². The van der Waals surface area contributed by atoms with Crippen LogP contribution in [0.1, 0.15) is 22.7 Å². The molecule has 1 aromatic heterocycles. The molecule has 0 N–H and O–H groups in total. The molecule has 0 saturated carbocycles. The SMILES string of the molecule is Cc1cc2c(cnn2-c2ccc(F)cc2)cc1C1CN(S(=O)(=O)N2CCOCC2)CCN1Cc1ccccc1. The Labute approximate surface area is 228 Å². The fraction of sp³-hybridized carbons (Fsp3) is 0.345. The van der Waals surface area contributed by atoms with Crippen molar-refractivity contribution in [3.05, 3.63) is 95.4 Å². The van der Waals surface area contributed by atoms with Gasteiger partial charge in [-0.2, -0.15) is 22.1 Å². The number of ether oxygens (including phenoxy) is 1. The van der Waals surface area contributed by atoms with Gasteiger partial charge in [-0.25, -0.2) is 9.07 Å². The number of benzene rings is 3. The molecule has 10 heteroatoms. The fourth-order valence-corrected chi connectivity index (χ4v) is 7.17. The molecule has 8 nitrogen and oxygen atoms in total. The van der Waals surface area contributed by atoms with Crippen molar-refractivity contribution in [2.45, 2.75) is 19.5 Å². The van der Waals surface area contributed by atoms with Crippen molar-refractivity contribution >= 4 is 21.1 Å². The van der Waals surface area contributed by atoms with Crippen LogP contribution in [0.15, 0.2) is 72.9 Å². The maximum atomic E-state index is 13.6. The Morgan fingerprint density at radius 1 is 0.949 bits per heavy atom. The molecule has 3 heterocycles. The zero-order chi connectivity index (χ0) is 27.0. The molecule has 2 saturated heterocycles. The number of morpholine rings is 1. The Balaban J connectivity index is 1.36.